The number of hydrogen-bond acceptors (Lipinski definition) is 18. The number of carboxylic acid groups (broad SMARTS) is 1. The molecule has 6 fully saturated rings. The molecule has 0 spiro atoms. The fourth-order valence-corrected chi connectivity index (χ4v) is 18.4. The van der Waals surface area contributed by atoms with E-state index in [2.05, 4.69) is 41.9 Å². The van der Waals surface area contributed by atoms with Crippen LogP contribution in [0.1, 0.15) is 185 Å². The second-order valence-electron chi connectivity index (χ2n) is 32.6. The summed E-state index contributed by atoms with van der Waals surface area (Å²) in [4.78, 5) is 84.1. The predicted octanol–water partition coefficient (Wildman–Crippen LogP) is 10.9. The summed E-state index contributed by atoms with van der Waals surface area (Å²) >= 11 is 0. The summed E-state index contributed by atoms with van der Waals surface area (Å²) in [6, 6.07) is 23.2. The first-order chi connectivity index (χ1) is 51.6. The highest BCUT2D eigenvalue weighted by molar-refractivity contribution is 7.87. The van der Waals surface area contributed by atoms with E-state index in [-0.39, 0.29) is 53.6 Å². The van der Waals surface area contributed by atoms with Gasteiger partial charge < -0.3 is 52.5 Å². The number of benzene rings is 4. The minimum Gasteiger partial charge on any atom is -0.497 e. The smallest absolute Gasteiger partial charge is 0.410 e. The highest BCUT2D eigenvalue weighted by Crippen LogP contribution is 2.67. The van der Waals surface area contributed by atoms with Gasteiger partial charge in [-0.1, -0.05) is 50.7 Å². The van der Waals surface area contributed by atoms with E-state index in [0.29, 0.717) is 103 Å². The van der Waals surface area contributed by atoms with Crippen molar-refractivity contribution >= 4 is 78.2 Å². The Kier molecular flexibility index (Phi) is 23.4. The summed E-state index contributed by atoms with van der Waals surface area (Å²) in [6.45, 7) is 18.1. The Balaban J connectivity index is 0.000000171. The number of nitrogens with zero attached hydrogens (tertiary/aromatic N) is 8. The quantitative estimate of drug-likeness (QED) is 0.0564. The van der Waals surface area contributed by atoms with Crippen molar-refractivity contribution in [3.8, 4) is 34.0 Å². The third-order valence-corrected chi connectivity index (χ3v) is 25.8. The number of carbonyl (C=O) groups is 6. The number of aromatic nitrogens is 2. The highest BCUT2D eigenvalue weighted by atomic mass is 32.2. The SMILES string of the molecule is CN(CCN1CCN(C(=O)OC(C)(C)C)CC1)S(N)(=O)=O.COC(=O)C12CC1c1cc(OC)ccc1-c1c(C3CCCCC3)c3ccc(C(=O)NS(=O)(=O)N(C)CCN4CCN(C(=O)OC(C)(C)C)CC4)cc3n1C2.COC(=O)C12CC1c1cc(OC)ccc1-c1c(C3CCCCC3)c3ccc(C(=O)O)cc3n1C2. The van der Waals surface area contributed by atoms with E-state index in [1.807, 2.05) is 71.9 Å². The second kappa shape index (κ2) is 31.8. The molecule has 8 aliphatic rings. The molecule has 4 aromatic carbocycles. The number of methoxy groups -OCH3 is 4. The predicted molar refractivity (Wildman–Crippen MR) is 413 cm³/mol. The lowest BCUT2D eigenvalue weighted by atomic mass is 9.81. The van der Waals surface area contributed by atoms with Crippen LogP contribution in [-0.2, 0) is 62.0 Å². The Morgan fingerprint density at radius 3 is 1.31 bits per heavy atom. The highest BCUT2D eigenvalue weighted by Gasteiger charge is 2.65. The van der Waals surface area contributed by atoms with Crippen molar-refractivity contribution in [2.24, 2.45) is 16.0 Å². The van der Waals surface area contributed by atoms with E-state index in [1.165, 1.54) is 65.1 Å². The number of likely N-dealkylation sites (N-methyl/N-ethyl adjacent to an activating group) is 2. The van der Waals surface area contributed by atoms with Gasteiger partial charge in [-0.2, -0.15) is 25.4 Å². The molecule has 29 heteroatoms. The van der Waals surface area contributed by atoms with Crippen molar-refractivity contribution in [2.75, 3.05) is 121 Å². The van der Waals surface area contributed by atoms with Gasteiger partial charge in [0, 0.05) is 156 Å². The maximum Gasteiger partial charge on any atom is 0.410 e. The topological polar surface area (TPSA) is 314 Å². The molecule has 109 heavy (non-hydrogen) atoms. The van der Waals surface area contributed by atoms with Gasteiger partial charge in [0.2, 0.25) is 0 Å². The van der Waals surface area contributed by atoms with Crippen LogP contribution in [0, 0.1) is 10.8 Å². The van der Waals surface area contributed by atoms with Gasteiger partial charge in [0.05, 0.1) is 56.2 Å². The summed E-state index contributed by atoms with van der Waals surface area (Å²) in [5.41, 5.74) is 8.81. The van der Waals surface area contributed by atoms with Gasteiger partial charge in [-0.05, 0) is 175 Å². The Hall–Kier alpha value is -8.32. The number of rotatable bonds is 17. The standard InChI is InChI=1S/C40H53N5O8S.C28H29NO5.C12H26N4O4S/c1-39(2,3)53-38(48)44-20-18-43(19-21-44)17-16-42(4)54(49,50)41-36(46)27-12-14-30-33(22-27)45-25-40(37(47)52-6)24-32(40)31-23-28(51-5)13-15-29(31)35(45)34(30)26-10-8-7-9-11-26;1-33-18-9-11-19-21(13-18)22-14-28(22,27(32)34-2)15-29-23-12-17(26(30)31)8-10-20(23)24(25(19)29)16-6-4-3-5-7-16;1-12(2,3)20-11(17)16-9-7-15(8-10-16)6-5-14(4)21(13,18)19/h12-15,22-23,26,32H,7-11,16-21,24-25H2,1-6H3,(H,41,46);8-13,16,22H,3-7,14-15H2,1-2H3,(H,30,31);5-10H2,1-4H3,(H2,13,18,19). The van der Waals surface area contributed by atoms with Gasteiger partial charge in [-0.3, -0.25) is 24.2 Å². The number of ether oxygens (including phenoxy) is 6. The van der Waals surface area contributed by atoms with Gasteiger partial charge in [0.25, 0.3) is 16.1 Å². The molecule has 3 amide bonds. The largest absolute Gasteiger partial charge is 0.497 e. The van der Waals surface area contributed by atoms with Crippen LogP contribution in [0.4, 0.5) is 9.59 Å². The maximum atomic E-state index is 13.7. The van der Waals surface area contributed by atoms with Crippen LogP contribution < -0.4 is 19.3 Å². The molecule has 4 saturated carbocycles. The van der Waals surface area contributed by atoms with Crippen LogP contribution in [-0.4, -0.2) is 228 Å². The summed E-state index contributed by atoms with van der Waals surface area (Å²) in [6.07, 6.45) is 12.2. The monoisotopic (exact) mass is 1540 g/mol. The average molecular weight is 1550 g/mol. The van der Waals surface area contributed by atoms with Crippen LogP contribution in [0.2, 0.25) is 0 Å². The third-order valence-electron chi connectivity index (χ3n) is 23.3. The summed E-state index contributed by atoms with van der Waals surface area (Å²) in [7, 11) is 1.29. The Morgan fingerprint density at radius 1 is 0.541 bits per heavy atom. The first-order valence-electron chi connectivity index (χ1n) is 38.1. The lowest BCUT2D eigenvalue weighted by molar-refractivity contribution is -0.148. The molecule has 4 aliphatic carbocycles. The molecule has 2 aromatic heterocycles. The Morgan fingerprint density at radius 2 is 0.936 bits per heavy atom. The van der Waals surface area contributed by atoms with E-state index in [1.54, 1.807) is 48.3 Å². The summed E-state index contributed by atoms with van der Waals surface area (Å²) in [5.74, 6) is 0.129. The van der Waals surface area contributed by atoms with Gasteiger partial charge in [-0.15, -0.1) is 0 Å². The van der Waals surface area contributed by atoms with Gasteiger partial charge >= 0.3 is 40.3 Å². The lowest BCUT2D eigenvalue weighted by Gasteiger charge is -2.36. The third kappa shape index (κ3) is 17.0. The molecule has 0 radical (unpaired) electrons. The maximum absolute atomic E-state index is 13.7. The molecule has 14 rings (SSSR count). The van der Waals surface area contributed by atoms with Crippen molar-refractivity contribution in [1.82, 2.24) is 42.1 Å². The van der Waals surface area contributed by atoms with Crippen LogP contribution >= 0.6 is 0 Å². The number of piperazine rings is 2. The van der Waals surface area contributed by atoms with E-state index < -0.39 is 54.3 Å². The summed E-state index contributed by atoms with van der Waals surface area (Å²) < 4.78 is 90.7. The van der Waals surface area contributed by atoms with Crippen LogP contribution in [0.25, 0.3) is 44.3 Å². The molecular formula is C80H108N10O17S2. The number of nitrogens with two attached hydrogens (primary N) is 1. The van der Waals surface area contributed by atoms with E-state index >= 15 is 0 Å². The number of carboxylic acids is 1. The molecule has 4 unspecified atom stereocenters. The lowest BCUT2D eigenvalue weighted by Crippen LogP contribution is -2.52. The first-order valence-corrected chi connectivity index (χ1v) is 41.1. The molecule has 6 heterocycles. The fraction of sp³-hybridized carbons (Fsp3) is 0.575. The number of aromatic carboxylic acids is 1. The van der Waals surface area contributed by atoms with Crippen LogP contribution in [0.3, 0.4) is 0 Å². The van der Waals surface area contributed by atoms with Crippen molar-refractivity contribution in [2.45, 2.75) is 167 Å². The van der Waals surface area contributed by atoms with E-state index in [4.69, 9.17) is 33.6 Å². The van der Waals surface area contributed by atoms with Crippen molar-refractivity contribution in [3.63, 3.8) is 0 Å². The molecule has 2 saturated heterocycles. The normalized spacial score (nSPS) is 21.6. The molecule has 4 atom stereocenters. The molecule has 27 nitrogen and oxygen atoms in total. The number of nitrogens with one attached hydrogen (secondary N) is 1. The zero-order valence-corrected chi connectivity index (χ0v) is 66.7. The Bertz CT molecular complexity index is 4690. The van der Waals surface area contributed by atoms with Crippen molar-refractivity contribution in [3.05, 3.63) is 106 Å². The van der Waals surface area contributed by atoms with Crippen LogP contribution in [0.15, 0.2) is 72.8 Å². The molecule has 6 aromatic rings. The number of fused-ring (bicyclic) bond motifs is 14. The molecule has 0 bridgehead atoms. The molecule has 4 aliphatic heterocycles. The molecule has 4 N–H and O–H groups in total. The second-order valence-corrected chi connectivity index (χ2v) is 36.0. The van der Waals surface area contributed by atoms with Crippen molar-refractivity contribution in [1.29, 1.82) is 0 Å². The number of esters is 2. The van der Waals surface area contributed by atoms with Crippen molar-refractivity contribution < 1.29 is 79.1 Å². The fourth-order valence-electron chi connectivity index (χ4n) is 17.2. The van der Waals surface area contributed by atoms with Gasteiger partial charge in [-0.25, -0.2) is 24.2 Å². The zero-order chi connectivity index (χ0) is 78.4. The number of carbonyl (C=O) groups excluding carboxylic acids is 5. The minimum atomic E-state index is -4.17. The Labute approximate surface area is 639 Å². The number of hydrogen-bond donors (Lipinski definition) is 3. The summed E-state index contributed by atoms with van der Waals surface area (Å²) in [5, 5.41) is 16.9. The van der Waals surface area contributed by atoms with E-state index in [9.17, 15) is 50.7 Å². The van der Waals surface area contributed by atoms with Crippen LogP contribution in [0.5, 0.6) is 11.5 Å². The molecular weight excluding hydrogens is 1440 g/mol. The minimum absolute atomic E-state index is 0.0368. The first kappa shape index (κ1) is 80.2. The molecule has 592 valence electrons. The number of amides is 3. The van der Waals surface area contributed by atoms with E-state index in [0.717, 1.165) is 121 Å². The average Bonchev–Trinajstić information content (AvgIpc) is 1.53. The van der Waals surface area contributed by atoms with Gasteiger partial charge in [0.15, 0.2) is 0 Å². The zero-order valence-electron chi connectivity index (χ0n) is 65.1. The van der Waals surface area contributed by atoms with Gasteiger partial charge in [0.1, 0.15) is 22.7 Å².